The number of rotatable bonds is 0. The first-order valence-electron chi connectivity index (χ1n) is 0. The SMILES string of the molecule is [Nb].[SnH2].[Ti].[Zr]. The van der Waals surface area contributed by atoms with Crippen molar-refractivity contribution in [3.05, 3.63) is 0 Å². The van der Waals surface area contributed by atoms with E-state index in [1.54, 1.807) is 0 Å². The molecule has 0 spiro atoms. The van der Waals surface area contributed by atoms with E-state index >= 15 is 0 Å². The van der Waals surface area contributed by atoms with Gasteiger partial charge in [-0.05, 0) is 0 Å². The first-order valence-corrected chi connectivity index (χ1v) is 0. The van der Waals surface area contributed by atoms with Gasteiger partial charge in [-0.1, -0.05) is 0 Å². The van der Waals surface area contributed by atoms with Crippen molar-refractivity contribution in [1.29, 1.82) is 0 Å². The van der Waals surface area contributed by atoms with Crippen LogP contribution in [0.1, 0.15) is 0 Å². The van der Waals surface area contributed by atoms with Crippen molar-refractivity contribution >= 4 is 23.9 Å². The van der Waals surface area contributed by atoms with Crippen molar-refractivity contribution in [3.63, 3.8) is 0 Å². The number of hydrogen-bond donors (Lipinski definition) is 0. The Hall–Kier alpha value is 3.14. The molecule has 0 fully saturated rings. The monoisotopic (exact) mass is 353 g/mol. The minimum absolute atomic E-state index is 0. The molecular weight excluding hydrogens is 351 g/mol. The third kappa shape index (κ3) is 8.93. The first-order chi connectivity index (χ1) is 0. The van der Waals surface area contributed by atoms with Gasteiger partial charge in [0.05, 0.1) is 0 Å². The predicted octanol–water partition coefficient (Wildman–Crippen LogP) is -0.924. The largest absolute Gasteiger partial charge is 0 e. The van der Waals surface area contributed by atoms with Gasteiger partial charge in [-0.15, -0.1) is 0 Å². The van der Waals surface area contributed by atoms with Gasteiger partial charge in [0, 0.05) is 70.3 Å². The summed E-state index contributed by atoms with van der Waals surface area (Å²) in [5.41, 5.74) is 0. The first kappa shape index (κ1) is 27.3. The minimum Gasteiger partial charge on any atom is 0 e. The summed E-state index contributed by atoms with van der Waals surface area (Å²) < 4.78 is 0. The second-order valence-electron chi connectivity index (χ2n) is 0. The third-order valence-corrected chi connectivity index (χ3v) is 0. The molecule has 4 heteroatoms. The van der Waals surface area contributed by atoms with Crippen LogP contribution in [0.4, 0.5) is 0 Å². The maximum absolute atomic E-state index is 0. The van der Waals surface area contributed by atoms with Crippen LogP contribution >= 0.6 is 0 Å². The van der Waals surface area contributed by atoms with Gasteiger partial charge in [0.2, 0.25) is 0 Å². The molecule has 0 aromatic heterocycles. The van der Waals surface area contributed by atoms with Crippen molar-refractivity contribution in [2.75, 3.05) is 0 Å². The molecule has 3 radical (unpaired) electrons. The van der Waals surface area contributed by atoms with Gasteiger partial charge in [0.15, 0.2) is 0 Å². The summed E-state index contributed by atoms with van der Waals surface area (Å²) in [6.45, 7) is 0. The maximum atomic E-state index is 0. The molecule has 0 aliphatic rings. The summed E-state index contributed by atoms with van der Waals surface area (Å²) in [5, 5.41) is 0. The Morgan fingerprint density at radius 3 is 1.00 bits per heavy atom. The summed E-state index contributed by atoms with van der Waals surface area (Å²) in [4.78, 5) is 0. The molecule has 0 aromatic carbocycles. The molecule has 0 aliphatic carbocycles. The topological polar surface area (TPSA) is 0 Å². The van der Waals surface area contributed by atoms with Crippen molar-refractivity contribution in [1.82, 2.24) is 0 Å². The van der Waals surface area contributed by atoms with E-state index in [0.717, 1.165) is 0 Å². The molecule has 0 bridgehead atoms. The van der Waals surface area contributed by atoms with Crippen LogP contribution in [0, 0.1) is 0 Å². The van der Waals surface area contributed by atoms with Crippen molar-refractivity contribution in [3.8, 4) is 0 Å². The summed E-state index contributed by atoms with van der Waals surface area (Å²) in [5.74, 6) is 0. The van der Waals surface area contributed by atoms with Gasteiger partial charge in [-0.2, -0.15) is 0 Å². The molecule has 0 saturated heterocycles. The van der Waals surface area contributed by atoms with Crippen LogP contribution in [0.2, 0.25) is 0 Å². The van der Waals surface area contributed by atoms with E-state index in [2.05, 4.69) is 0 Å². The Labute approximate surface area is 92.3 Å². The molecule has 0 saturated carbocycles. The van der Waals surface area contributed by atoms with Gasteiger partial charge in [0.1, 0.15) is 0 Å². The Morgan fingerprint density at radius 2 is 1.00 bits per heavy atom. The minimum atomic E-state index is 0. The van der Waals surface area contributed by atoms with E-state index in [9.17, 15) is 0 Å². The second kappa shape index (κ2) is 16.5. The van der Waals surface area contributed by atoms with Crippen LogP contribution in [-0.2, 0) is 70.3 Å². The summed E-state index contributed by atoms with van der Waals surface area (Å²) in [6.07, 6.45) is 0. The molecule has 0 unspecified atom stereocenters. The normalized spacial score (nSPS) is 0. The van der Waals surface area contributed by atoms with Gasteiger partial charge >= 0.3 is 23.9 Å². The van der Waals surface area contributed by atoms with Crippen molar-refractivity contribution in [2.45, 2.75) is 0 Å². The predicted molar refractivity (Wildman–Crippen MR) is 8.54 cm³/mol. The average Bonchev–Trinajstić information content (AvgIpc) is 0. The molecule has 0 aromatic rings. The molecule has 0 amide bonds. The van der Waals surface area contributed by atoms with Gasteiger partial charge in [0.25, 0.3) is 0 Å². The van der Waals surface area contributed by atoms with Crippen molar-refractivity contribution < 1.29 is 70.3 Å². The maximum Gasteiger partial charge on any atom is 0 e. The van der Waals surface area contributed by atoms with E-state index in [4.69, 9.17) is 0 Å². The smallest absolute Gasteiger partial charge is 0 e. The Kier molecular flexibility index (Phi) is 112. The molecule has 19 valence electrons. The van der Waals surface area contributed by atoms with Gasteiger partial charge < -0.3 is 0 Å². The van der Waals surface area contributed by atoms with Crippen molar-refractivity contribution in [2.24, 2.45) is 0 Å². The van der Waals surface area contributed by atoms with Crippen LogP contribution in [0.25, 0.3) is 0 Å². The molecule has 4 heavy (non-hydrogen) atoms. The van der Waals surface area contributed by atoms with Crippen LogP contribution in [0.3, 0.4) is 0 Å². The summed E-state index contributed by atoms with van der Waals surface area (Å²) in [7, 11) is 0. The quantitative estimate of drug-likeness (QED) is 0.495. The Morgan fingerprint density at radius 1 is 1.00 bits per heavy atom. The second-order valence-corrected chi connectivity index (χ2v) is 0. The molecule has 0 rings (SSSR count). The zero-order chi connectivity index (χ0) is 0. The fourth-order valence-corrected chi connectivity index (χ4v) is 0. The molecule has 0 atom stereocenters. The standard InChI is InChI=1S/Nb.Sn.Ti.Zr.2H. The zero-order valence-corrected chi connectivity index (χ0v) is 12.4. The fourth-order valence-electron chi connectivity index (χ4n) is 0. The molecule has 0 N–H and O–H groups in total. The third-order valence-electron chi connectivity index (χ3n) is 0. The zero-order valence-electron chi connectivity index (χ0n) is 2.15. The summed E-state index contributed by atoms with van der Waals surface area (Å²) in [6, 6.07) is 0. The number of hydrogen-bond acceptors (Lipinski definition) is 0. The van der Waals surface area contributed by atoms with Crippen LogP contribution in [0.5, 0.6) is 0 Å². The van der Waals surface area contributed by atoms with E-state index in [0.29, 0.717) is 0 Å². The molecule has 0 heterocycles. The van der Waals surface area contributed by atoms with Crippen LogP contribution in [-0.4, -0.2) is 23.9 Å². The van der Waals surface area contributed by atoms with Crippen LogP contribution < -0.4 is 0 Å². The van der Waals surface area contributed by atoms with E-state index in [1.807, 2.05) is 0 Å². The van der Waals surface area contributed by atoms with E-state index < -0.39 is 0 Å². The average molecular weight is 353 g/mol. The molecule has 0 aliphatic heterocycles. The van der Waals surface area contributed by atoms with Crippen LogP contribution in [0.15, 0.2) is 0 Å². The van der Waals surface area contributed by atoms with Gasteiger partial charge in [-0.25, -0.2) is 0 Å². The molecule has 0 nitrogen and oxygen atoms in total. The summed E-state index contributed by atoms with van der Waals surface area (Å²) >= 11 is 0. The van der Waals surface area contributed by atoms with Gasteiger partial charge in [-0.3, -0.25) is 0 Å². The fraction of sp³-hybridized carbons (Fsp3) is 0. The Bertz CT molecular complexity index is 8.00. The van der Waals surface area contributed by atoms with E-state index in [-0.39, 0.29) is 94.2 Å². The Balaban J connectivity index is 0. The van der Waals surface area contributed by atoms with E-state index in [1.165, 1.54) is 0 Å². The molecular formula is H2NbSnTiZr.